The van der Waals surface area contributed by atoms with Gasteiger partial charge in [-0.15, -0.1) is 0 Å². The van der Waals surface area contributed by atoms with Gasteiger partial charge in [-0.2, -0.15) is 9.97 Å². The molecule has 4 N–H and O–H groups in total. The molecule has 8 rings (SSSR count). The number of aliphatic hydroxyl groups excluding tert-OH is 2. The third-order valence-electron chi connectivity index (χ3n) is 11.0. The highest BCUT2D eigenvalue weighted by Crippen LogP contribution is 2.51. The van der Waals surface area contributed by atoms with Crippen molar-refractivity contribution in [3.8, 4) is 11.8 Å². The fourth-order valence-electron chi connectivity index (χ4n) is 7.50. The Morgan fingerprint density at radius 3 is 1.62 bits per heavy atom. The first-order chi connectivity index (χ1) is 27.1. The lowest BCUT2D eigenvalue weighted by Crippen LogP contribution is -2.33. The first-order valence-electron chi connectivity index (χ1n) is 18.9. The molecule has 2 aliphatic heterocycles. The number of benzene rings is 2. The summed E-state index contributed by atoms with van der Waals surface area (Å²) in [5.41, 5.74) is 3.49. The molecule has 0 bridgehead atoms. The predicted octanol–water partition coefficient (Wildman–Crippen LogP) is 6.12. The number of halogens is 2. The van der Waals surface area contributed by atoms with Crippen LogP contribution in [0, 0.1) is 0 Å². The number of hydrogen-bond donors (Lipinski definition) is 4. The minimum Gasteiger partial charge on any atom is -0.477 e. The number of amides is 1. The van der Waals surface area contributed by atoms with Crippen molar-refractivity contribution >= 4 is 47.0 Å². The largest absolute Gasteiger partial charge is 0.477 e. The molecule has 296 valence electrons. The van der Waals surface area contributed by atoms with E-state index in [2.05, 4.69) is 35.1 Å². The molecule has 1 amide bonds. The van der Waals surface area contributed by atoms with E-state index in [0.717, 1.165) is 56.3 Å². The quantitative estimate of drug-likeness (QED) is 0.121. The summed E-state index contributed by atoms with van der Waals surface area (Å²) in [7, 11) is 0. The van der Waals surface area contributed by atoms with Crippen molar-refractivity contribution in [3.05, 3.63) is 92.2 Å². The summed E-state index contributed by atoms with van der Waals surface area (Å²) < 4.78 is 11.7. The molecule has 2 saturated heterocycles. The van der Waals surface area contributed by atoms with Gasteiger partial charge in [-0.25, -0.2) is 14.8 Å². The average molecular weight is 807 g/mol. The maximum Gasteiger partial charge on any atom is 0.342 e. The second-order valence-corrected chi connectivity index (χ2v) is 15.5. The van der Waals surface area contributed by atoms with Crippen molar-refractivity contribution in [1.29, 1.82) is 0 Å². The van der Waals surface area contributed by atoms with Gasteiger partial charge in [0.05, 0.1) is 19.4 Å². The molecule has 14 nitrogen and oxygen atoms in total. The zero-order valence-corrected chi connectivity index (χ0v) is 32.7. The van der Waals surface area contributed by atoms with Crippen molar-refractivity contribution in [2.75, 3.05) is 29.4 Å². The lowest BCUT2D eigenvalue weighted by atomic mass is 10.1. The standard InChI is InChI=1S/C21H25ClN4O3.C19H20ClN3O4/c1-2-23-18(28)16-11-24-20(26-9-3-6-21(26)7-8-21)25-19(16)29-13-14-4-5-15(12-27)17(22)10-14;20-15-8-12(2-3-13(15)10-24)11-27-16-14(17(25)26)9-21-18(22-16)23-7-1-4-19(23)5-6-19/h4-5,10-11,27H,2-3,6-9,12-13H2,1H3,(H,23,28);2-3,8-9,24H,1,4-7,10-11H2,(H,25,26). The monoisotopic (exact) mass is 805 g/mol. The van der Waals surface area contributed by atoms with E-state index < -0.39 is 5.97 Å². The molecule has 4 aromatic rings. The van der Waals surface area contributed by atoms with Crippen LogP contribution in [0.15, 0.2) is 48.8 Å². The number of nitrogens with one attached hydrogen (secondary N) is 1. The lowest BCUT2D eigenvalue weighted by Gasteiger charge is -2.24. The fraction of sp³-hybridized carbons (Fsp3) is 0.450. The average Bonchev–Trinajstić information content (AvgIpc) is 4.06. The van der Waals surface area contributed by atoms with Crippen LogP contribution in [-0.2, 0) is 26.4 Å². The smallest absolute Gasteiger partial charge is 0.342 e. The zero-order valence-electron chi connectivity index (χ0n) is 31.1. The number of aromatic nitrogens is 4. The summed E-state index contributed by atoms with van der Waals surface area (Å²) in [6, 6.07) is 10.5. The normalized spacial score (nSPS) is 17.1. The summed E-state index contributed by atoms with van der Waals surface area (Å²) in [5, 5.41) is 31.6. The van der Waals surface area contributed by atoms with Crippen LogP contribution < -0.4 is 24.6 Å². The second-order valence-electron chi connectivity index (χ2n) is 14.6. The highest BCUT2D eigenvalue weighted by molar-refractivity contribution is 6.31. The number of carboxylic acids is 1. The van der Waals surface area contributed by atoms with Crippen LogP contribution in [0.2, 0.25) is 10.0 Å². The fourth-order valence-corrected chi connectivity index (χ4v) is 8.03. The SMILES string of the molecule is CCNC(=O)c1cnc(N2CCCC23CC3)nc1OCc1ccc(CO)c(Cl)c1.O=C(O)c1cnc(N2CCCC23CC3)nc1OCc1ccc(CO)c(Cl)c1. The third kappa shape index (κ3) is 8.48. The van der Waals surface area contributed by atoms with Crippen molar-refractivity contribution in [2.45, 2.75) is 95.8 Å². The second kappa shape index (κ2) is 16.8. The molecule has 4 aliphatic rings. The molecule has 2 aromatic heterocycles. The van der Waals surface area contributed by atoms with E-state index in [-0.39, 0.29) is 60.7 Å². The van der Waals surface area contributed by atoms with Crippen molar-refractivity contribution < 1.29 is 34.4 Å². The van der Waals surface area contributed by atoms with Gasteiger partial charge in [0.15, 0.2) is 0 Å². The summed E-state index contributed by atoms with van der Waals surface area (Å²) in [6.45, 7) is 4.24. The van der Waals surface area contributed by atoms with E-state index >= 15 is 0 Å². The van der Waals surface area contributed by atoms with Crippen LogP contribution in [0.5, 0.6) is 11.8 Å². The van der Waals surface area contributed by atoms with E-state index in [1.54, 1.807) is 36.5 Å². The van der Waals surface area contributed by atoms with Gasteiger partial charge in [0.2, 0.25) is 23.7 Å². The van der Waals surface area contributed by atoms with Gasteiger partial charge < -0.3 is 39.9 Å². The van der Waals surface area contributed by atoms with E-state index in [1.807, 2.05) is 13.0 Å². The van der Waals surface area contributed by atoms with Crippen LogP contribution in [0.3, 0.4) is 0 Å². The van der Waals surface area contributed by atoms with Crippen molar-refractivity contribution in [2.24, 2.45) is 0 Å². The van der Waals surface area contributed by atoms with Gasteiger partial charge in [-0.05, 0) is 92.7 Å². The summed E-state index contributed by atoms with van der Waals surface area (Å²) in [4.78, 5) is 46.2. The van der Waals surface area contributed by atoms with Crippen molar-refractivity contribution in [1.82, 2.24) is 25.3 Å². The van der Waals surface area contributed by atoms with Crippen molar-refractivity contribution in [3.63, 3.8) is 0 Å². The Balaban J connectivity index is 0.000000172. The Bertz CT molecular complexity index is 2100. The number of carbonyl (C=O) groups is 2. The number of aliphatic hydroxyl groups is 2. The van der Waals surface area contributed by atoms with Gasteiger partial charge in [-0.3, -0.25) is 4.79 Å². The molecule has 2 aliphatic carbocycles. The summed E-state index contributed by atoms with van der Waals surface area (Å²) in [6.07, 6.45) is 12.0. The van der Waals surface area contributed by atoms with Crippen LogP contribution in [-0.4, -0.2) is 77.8 Å². The van der Waals surface area contributed by atoms with E-state index in [1.165, 1.54) is 25.5 Å². The molecule has 56 heavy (non-hydrogen) atoms. The third-order valence-corrected chi connectivity index (χ3v) is 11.7. The van der Waals surface area contributed by atoms with Gasteiger partial charge in [0, 0.05) is 47.0 Å². The Morgan fingerprint density at radius 2 is 1.21 bits per heavy atom. The number of aromatic carboxylic acids is 1. The molecular weight excluding hydrogens is 761 g/mol. The summed E-state index contributed by atoms with van der Waals surface area (Å²) >= 11 is 12.3. The van der Waals surface area contributed by atoms with E-state index in [0.29, 0.717) is 45.2 Å². The number of ether oxygens (including phenoxy) is 2. The minimum absolute atomic E-state index is 0.0533. The Morgan fingerprint density at radius 1 is 0.750 bits per heavy atom. The number of hydrogen-bond acceptors (Lipinski definition) is 12. The molecule has 2 aromatic carbocycles. The Kier molecular flexibility index (Phi) is 11.8. The van der Waals surface area contributed by atoms with Gasteiger partial charge in [-0.1, -0.05) is 47.5 Å². The minimum atomic E-state index is -1.13. The number of anilines is 2. The molecular formula is C40H45Cl2N7O7. The predicted molar refractivity (Wildman–Crippen MR) is 210 cm³/mol. The van der Waals surface area contributed by atoms with E-state index in [4.69, 9.17) is 32.7 Å². The molecule has 0 atom stereocenters. The van der Waals surface area contributed by atoms with Crippen LogP contribution in [0.25, 0.3) is 0 Å². The molecule has 0 unspecified atom stereocenters. The van der Waals surface area contributed by atoms with Crippen LogP contribution in [0.4, 0.5) is 11.9 Å². The van der Waals surface area contributed by atoms with Gasteiger partial charge in [0.25, 0.3) is 5.91 Å². The number of carbonyl (C=O) groups excluding carboxylic acids is 1. The van der Waals surface area contributed by atoms with Gasteiger partial charge in [0.1, 0.15) is 24.3 Å². The molecule has 16 heteroatoms. The zero-order chi connectivity index (χ0) is 39.5. The molecule has 2 saturated carbocycles. The van der Waals surface area contributed by atoms with Crippen LogP contribution >= 0.6 is 23.2 Å². The topological polar surface area (TPSA) is 183 Å². The van der Waals surface area contributed by atoms with E-state index in [9.17, 15) is 24.9 Å². The lowest BCUT2D eigenvalue weighted by molar-refractivity contribution is 0.0689. The Hall–Kier alpha value is -4.76. The molecule has 2 spiro atoms. The molecule has 4 fully saturated rings. The highest BCUT2D eigenvalue weighted by atomic mass is 35.5. The Labute approximate surface area is 334 Å². The number of nitrogens with zero attached hydrogens (tertiary/aromatic N) is 6. The maximum absolute atomic E-state index is 12.5. The van der Waals surface area contributed by atoms with Crippen LogP contribution in [0.1, 0.15) is 101 Å². The number of carboxylic acid groups (broad SMARTS) is 1. The maximum atomic E-state index is 12.5. The molecule has 0 radical (unpaired) electrons. The first-order valence-corrected chi connectivity index (χ1v) is 19.7. The first kappa shape index (κ1) is 39.5. The molecule has 4 heterocycles. The highest BCUT2D eigenvalue weighted by Gasteiger charge is 2.52. The summed E-state index contributed by atoms with van der Waals surface area (Å²) in [5.74, 6) is 0.0805. The number of rotatable bonds is 13. The van der Waals surface area contributed by atoms with Gasteiger partial charge >= 0.3 is 5.97 Å².